The lowest BCUT2D eigenvalue weighted by Crippen LogP contribution is -2.17. The van der Waals surface area contributed by atoms with Crippen LogP contribution in [0.5, 0.6) is 11.5 Å². The zero-order valence-electron chi connectivity index (χ0n) is 12.6. The van der Waals surface area contributed by atoms with Crippen molar-refractivity contribution in [3.8, 4) is 11.5 Å². The molecule has 0 atom stereocenters. The van der Waals surface area contributed by atoms with E-state index < -0.39 is 11.8 Å². The van der Waals surface area contributed by atoms with Gasteiger partial charge >= 0.3 is 0 Å². The summed E-state index contributed by atoms with van der Waals surface area (Å²) in [5.41, 5.74) is 8.61. The maximum atomic E-state index is 11.9. The van der Waals surface area contributed by atoms with E-state index in [1.54, 1.807) is 6.07 Å². The minimum absolute atomic E-state index is 0.0651. The number of aromatic hydroxyl groups is 1. The Morgan fingerprint density at radius 3 is 2.58 bits per heavy atom. The SMILES string of the molecule is COc1cc(C(N)=O)ccc1C=NNC(=O)c1ccc(O)c(Cl)c1. The van der Waals surface area contributed by atoms with Gasteiger partial charge in [0.25, 0.3) is 5.91 Å². The maximum absolute atomic E-state index is 11.9. The highest BCUT2D eigenvalue weighted by Gasteiger charge is 2.08. The fourth-order valence-electron chi connectivity index (χ4n) is 1.84. The summed E-state index contributed by atoms with van der Waals surface area (Å²) >= 11 is 5.75. The van der Waals surface area contributed by atoms with Gasteiger partial charge in [0.2, 0.25) is 5.91 Å². The van der Waals surface area contributed by atoms with Crippen LogP contribution in [-0.4, -0.2) is 30.2 Å². The molecule has 7 nitrogen and oxygen atoms in total. The van der Waals surface area contributed by atoms with Gasteiger partial charge in [-0.15, -0.1) is 0 Å². The number of ether oxygens (including phenoxy) is 1. The van der Waals surface area contributed by atoms with Crippen LogP contribution in [0.4, 0.5) is 0 Å². The van der Waals surface area contributed by atoms with E-state index in [0.717, 1.165) is 0 Å². The standard InChI is InChI=1S/C16H14ClN3O4/c1-24-14-7-9(15(18)22)2-3-11(14)8-19-20-16(23)10-4-5-13(21)12(17)6-10/h2-8,21H,1H3,(H2,18,22)(H,20,23). The van der Waals surface area contributed by atoms with Crippen LogP contribution in [0, 0.1) is 0 Å². The van der Waals surface area contributed by atoms with E-state index in [9.17, 15) is 14.7 Å². The molecule has 0 saturated carbocycles. The molecule has 2 rings (SSSR count). The maximum Gasteiger partial charge on any atom is 0.271 e. The molecule has 0 aliphatic rings. The second kappa shape index (κ2) is 7.47. The number of rotatable bonds is 5. The number of benzene rings is 2. The van der Waals surface area contributed by atoms with E-state index in [2.05, 4.69) is 10.5 Å². The number of methoxy groups -OCH3 is 1. The summed E-state index contributed by atoms with van der Waals surface area (Å²) in [6.07, 6.45) is 1.36. The summed E-state index contributed by atoms with van der Waals surface area (Å²) in [7, 11) is 1.44. The van der Waals surface area contributed by atoms with Crippen molar-refractivity contribution >= 4 is 29.6 Å². The molecule has 0 radical (unpaired) electrons. The van der Waals surface area contributed by atoms with Crippen LogP contribution >= 0.6 is 11.6 Å². The first-order chi connectivity index (χ1) is 11.4. The van der Waals surface area contributed by atoms with Crippen LogP contribution in [0.25, 0.3) is 0 Å². The van der Waals surface area contributed by atoms with Crippen LogP contribution in [-0.2, 0) is 0 Å². The van der Waals surface area contributed by atoms with Gasteiger partial charge in [0.05, 0.1) is 18.3 Å². The monoisotopic (exact) mass is 347 g/mol. The molecule has 0 aliphatic heterocycles. The number of hydrogen-bond donors (Lipinski definition) is 3. The molecule has 0 aromatic heterocycles. The molecular formula is C16H14ClN3O4. The number of primary amides is 1. The minimum atomic E-state index is -0.575. The van der Waals surface area contributed by atoms with Gasteiger partial charge in [-0.2, -0.15) is 5.10 Å². The summed E-state index contributed by atoms with van der Waals surface area (Å²) in [5.74, 6) is -0.803. The second-order valence-electron chi connectivity index (χ2n) is 4.69. The van der Waals surface area contributed by atoms with E-state index >= 15 is 0 Å². The molecule has 4 N–H and O–H groups in total. The first kappa shape index (κ1) is 17.3. The first-order valence-electron chi connectivity index (χ1n) is 6.72. The van der Waals surface area contributed by atoms with Crippen molar-refractivity contribution in [2.24, 2.45) is 10.8 Å². The quantitative estimate of drug-likeness (QED) is 0.566. The number of nitrogens with one attached hydrogen (secondary N) is 1. The number of carbonyl (C=O) groups excluding carboxylic acids is 2. The number of nitrogens with zero attached hydrogens (tertiary/aromatic N) is 1. The Hall–Kier alpha value is -3.06. The van der Waals surface area contributed by atoms with Gasteiger partial charge in [-0.1, -0.05) is 11.6 Å². The Morgan fingerprint density at radius 1 is 1.25 bits per heavy atom. The number of hydrogen-bond acceptors (Lipinski definition) is 5. The second-order valence-corrected chi connectivity index (χ2v) is 5.09. The molecule has 0 fully saturated rings. The highest BCUT2D eigenvalue weighted by Crippen LogP contribution is 2.23. The Balaban J connectivity index is 2.12. The van der Waals surface area contributed by atoms with Crippen molar-refractivity contribution in [2.75, 3.05) is 7.11 Å². The molecular weight excluding hydrogens is 334 g/mol. The average Bonchev–Trinajstić information content (AvgIpc) is 2.57. The van der Waals surface area contributed by atoms with Crippen molar-refractivity contribution in [2.45, 2.75) is 0 Å². The Bertz CT molecular complexity index is 821. The number of hydrazone groups is 1. The van der Waals surface area contributed by atoms with E-state index in [-0.39, 0.29) is 16.3 Å². The van der Waals surface area contributed by atoms with Gasteiger partial charge in [-0.05, 0) is 36.4 Å². The van der Waals surface area contributed by atoms with E-state index in [0.29, 0.717) is 16.9 Å². The van der Waals surface area contributed by atoms with E-state index in [1.165, 1.54) is 43.7 Å². The highest BCUT2D eigenvalue weighted by molar-refractivity contribution is 6.32. The summed E-state index contributed by atoms with van der Waals surface area (Å²) in [6.45, 7) is 0. The molecule has 8 heteroatoms. The molecule has 0 aliphatic carbocycles. The topological polar surface area (TPSA) is 114 Å². The number of halogens is 1. The Labute approximate surface area is 142 Å². The van der Waals surface area contributed by atoms with Gasteiger partial charge in [0, 0.05) is 16.7 Å². The fourth-order valence-corrected chi connectivity index (χ4v) is 2.02. The van der Waals surface area contributed by atoms with Gasteiger partial charge in [0.1, 0.15) is 11.5 Å². The molecule has 2 amide bonds. The molecule has 2 aromatic carbocycles. The lowest BCUT2D eigenvalue weighted by Gasteiger charge is -2.06. The average molecular weight is 348 g/mol. The molecule has 0 heterocycles. The van der Waals surface area contributed by atoms with Gasteiger partial charge in [-0.3, -0.25) is 9.59 Å². The third-order valence-corrected chi connectivity index (χ3v) is 3.40. The van der Waals surface area contributed by atoms with Crippen molar-refractivity contribution < 1.29 is 19.4 Å². The Morgan fingerprint density at radius 2 is 1.96 bits per heavy atom. The normalized spacial score (nSPS) is 10.6. The zero-order valence-corrected chi connectivity index (χ0v) is 13.4. The molecule has 0 bridgehead atoms. The van der Waals surface area contributed by atoms with Crippen LogP contribution in [0.1, 0.15) is 26.3 Å². The lowest BCUT2D eigenvalue weighted by atomic mass is 10.1. The number of phenols is 1. The fraction of sp³-hybridized carbons (Fsp3) is 0.0625. The summed E-state index contributed by atoms with van der Waals surface area (Å²) in [5, 5.41) is 13.2. The minimum Gasteiger partial charge on any atom is -0.506 e. The van der Waals surface area contributed by atoms with Gasteiger partial charge < -0.3 is 15.6 Å². The predicted molar refractivity (Wildman–Crippen MR) is 89.7 cm³/mol. The third kappa shape index (κ3) is 4.02. The Kier molecular flexibility index (Phi) is 5.39. The smallest absolute Gasteiger partial charge is 0.271 e. The predicted octanol–water partition coefficient (Wildman–Crippen LogP) is 1.92. The van der Waals surface area contributed by atoms with Gasteiger partial charge in [-0.25, -0.2) is 5.43 Å². The summed E-state index contributed by atoms with van der Waals surface area (Å²) < 4.78 is 5.15. The van der Waals surface area contributed by atoms with Gasteiger partial charge in [0.15, 0.2) is 0 Å². The van der Waals surface area contributed by atoms with Crippen LogP contribution in [0.2, 0.25) is 5.02 Å². The molecule has 0 spiro atoms. The van der Waals surface area contributed by atoms with Crippen LogP contribution < -0.4 is 15.9 Å². The van der Waals surface area contributed by atoms with Crippen molar-refractivity contribution in [1.82, 2.24) is 5.43 Å². The summed E-state index contributed by atoms with van der Waals surface area (Å²) in [4.78, 5) is 23.1. The van der Waals surface area contributed by atoms with Crippen LogP contribution in [0.15, 0.2) is 41.5 Å². The van der Waals surface area contributed by atoms with Crippen molar-refractivity contribution in [3.63, 3.8) is 0 Å². The molecule has 24 heavy (non-hydrogen) atoms. The summed E-state index contributed by atoms with van der Waals surface area (Å²) in [6, 6.07) is 8.63. The molecule has 0 unspecified atom stereocenters. The molecule has 2 aromatic rings. The highest BCUT2D eigenvalue weighted by atomic mass is 35.5. The first-order valence-corrected chi connectivity index (χ1v) is 7.10. The number of phenolic OH excluding ortho intramolecular Hbond substituents is 1. The molecule has 124 valence electrons. The van der Waals surface area contributed by atoms with Crippen molar-refractivity contribution in [1.29, 1.82) is 0 Å². The largest absolute Gasteiger partial charge is 0.506 e. The molecule has 0 saturated heterocycles. The number of carbonyl (C=O) groups is 2. The number of nitrogens with two attached hydrogens (primary N) is 1. The van der Waals surface area contributed by atoms with Crippen LogP contribution in [0.3, 0.4) is 0 Å². The van der Waals surface area contributed by atoms with E-state index in [1.807, 2.05) is 0 Å². The zero-order chi connectivity index (χ0) is 17.7. The lowest BCUT2D eigenvalue weighted by molar-refractivity contribution is 0.0953. The number of amides is 2. The third-order valence-electron chi connectivity index (χ3n) is 3.10. The van der Waals surface area contributed by atoms with E-state index in [4.69, 9.17) is 22.1 Å². The van der Waals surface area contributed by atoms with Crippen molar-refractivity contribution in [3.05, 3.63) is 58.1 Å².